The van der Waals surface area contributed by atoms with Crippen LogP contribution in [-0.4, -0.2) is 38.1 Å². The van der Waals surface area contributed by atoms with Crippen molar-refractivity contribution >= 4 is 5.69 Å². The highest BCUT2D eigenvalue weighted by Gasteiger charge is 2.22. The van der Waals surface area contributed by atoms with Crippen LogP contribution in [0.2, 0.25) is 0 Å². The normalized spacial score (nSPS) is 17.4. The molecule has 2 N–H and O–H groups in total. The monoisotopic (exact) mass is 275 g/mol. The number of rotatable bonds is 6. The van der Waals surface area contributed by atoms with Gasteiger partial charge in [0.25, 0.3) is 0 Å². The summed E-state index contributed by atoms with van der Waals surface area (Å²) < 4.78 is 0. The van der Waals surface area contributed by atoms with Gasteiger partial charge in [0.15, 0.2) is 0 Å². The van der Waals surface area contributed by atoms with Crippen LogP contribution in [0, 0.1) is 0 Å². The summed E-state index contributed by atoms with van der Waals surface area (Å²) in [4.78, 5) is 4.77. The van der Waals surface area contributed by atoms with Crippen LogP contribution in [-0.2, 0) is 6.42 Å². The van der Waals surface area contributed by atoms with E-state index < -0.39 is 0 Å². The van der Waals surface area contributed by atoms with E-state index in [4.69, 9.17) is 5.73 Å². The van der Waals surface area contributed by atoms with Crippen molar-refractivity contribution in [3.8, 4) is 0 Å². The number of hydrogen-bond acceptors (Lipinski definition) is 3. The number of hydrogen-bond donors (Lipinski definition) is 1. The van der Waals surface area contributed by atoms with Crippen LogP contribution < -0.4 is 10.6 Å². The molecule has 2 unspecified atom stereocenters. The van der Waals surface area contributed by atoms with Crippen LogP contribution in [0.4, 0.5) is 5.69 Å². The molecule has 0 amide bonds. The van der Waals surface area contributed by atoms with Crippen molar-refractivity contribution in [2.24, 2.45) is 5.73 Å². The maximum absolute atomic E-state index is 6.06. The Morgan fingerprint density at radius 3 is 2.80 bits per heavy atom. The first-order valence-electron chi connectivity index (χ1n) is 7.84. The zero-order valence-electron chi connectivity index (χ0n) is 13.4. The third-order valence-corrected chi connectivity index (χ3v) is 4.73. The lowest BCUT2D eigenvalue weighted by Gasteiger charge is -2.33. The minimum atomic E-state index is 0.327. The molecule has 1 aromatic carbocycles. The van der Waals surface area contributed by atoms with Gasteiger partial charge in [-0.2, -0.15) is 0 Å². The molecular weight excluding hydrogens is 246 g/mol. The fourth-order valence-corrected chi connectivity index (χ4v) is 3.26. The molecule has 112 valence electrons. The molecule has 3 heteroatoms. The lowest BCUT2D eigenvalue weighted by molar-refractivity contribution is 0.180. The van der Waals surface area contributed by atoms with Gasteiger partial charge in [0.2, 0.25) is 0 Å². The molecule has 0 saturated carbocycles. The van der Waals surface area contributed by atoms with Crippen molar-refractivity contribution in [3.63, 3.8) is 0 Å². The Labute approximate surface area is 123 Å². The van der Waals surface area contributed by atoms with Gasteiger partial charge in [0, 0.05) is 37.9 Å². The zero-order valence-corrected chi connectivity index (χ0v) is 13.4. The molecule has 2 atom stereocenters. The highest BCUT2D eigenvalue weighted by atomic mass is 15.2. The van der Waals surface area contributed by atoms with Crippen LogP contribution in [0.3, 0.4) is 0 Å². The van der Waals surface area contributed by atoms with Gasteiger partial charge in [-0.25, -0.2) is 0 Å². The minimum Gasteiger partial charge on any atom is -0.374 e. The van der Waals surface area contributed by atoms with Gasteiger partial charge in [0.1, 0.15) is 0 Å². The molecule has 1 aliphatic heterocycles. The van der Waals surface area contributed by atoms with Gasteiger partial charge in [-0.05, 0) is 44.0 Å². The van der Waals surface area contributed by atoms with E-state index in [0.717, 1.165) is 13.0 Å². The van der Waals surface area contributed by atoms with Crippen LogP contribution in [0.15, 0.2) is 18.2 Å². The van der Waals surface area contributed by atoms with Crippen LogP contribution in [0.25, 0.3) is 0 Å². The van der Waals surface area contributed by atoms with Gasteiger partial charge >= 0.3 is 0 Å². The quantitative estimate of drug-likeness (QED) is 0.866. The van der Waals surface area contributed by atoms with Crippen molar-refractivity contribution in [1.82, 2.24) is 4.90 Å². The standard InChI is InChI=1S/C17H29N3/c1-5-6-13(2)20(4)17(12-18)14-7-8-16-15(11-14)9-10-19(16)3/h7-8,11,13,17H,5-6,9-10,12,18H2,1-4H3. The summed E-state index contributed by atoms with van der Waals surface area (Å²) in [5.74, 6) is 0. The lowest BCUT2D eigenvalue weighted by Crippen LogP contribution is -2.37. The van der Waals surface area contributed by atoms with Crippen molar-refractivity contribution in [2.45, 2.75) is 45.2 Å². The van der Waals surface area contributed by atoms with Gasteiger partial charge in [-0.3, -0.25) is 4.90 Å². The molecule has 0 saturated heterocycles. The van der Waals surface area contributed by atoms with E-state index in [1.807, 2.05) is 0 Å². The lowest BCUT2D eigenvalue weighted by atomic mass is 9.99. The van der Waals surface area contributed by atoms with Crippen molar-refractivity contribution in [1.29, 1.82) is 0 Å². The molecule has 0 aliphatic carbocycles. The van der Waals surface area contributed by atoms with Gasteiger partial charge in [-0.15, -0.1) is 0 Å². The van der Waals surface area contributed by atoms with Crippen molar-refractivity contribution in [3.05, 3.63) is 29.3 Å². The van der Waals surface area contributed by atoms with Crippen molar-refractivity contribution in [2.75, 3.05) is 32.1 Å². The molecule has 20 heavy (non-hydrogen) atoms. The van der Waals surface area contributed by atoms with E-state index in [2.05, 4.69) is 55.9 Å². The van der Waals surface area contributed by atoms with E-state index in [1.165, 1.54) is 29.7 Å². The first-order chi connectivity index (χ1) is 9.58. The Hall–Kier alpha value is -1.06. The molecule has 3 nitrogen and oxygen atoms in total. The maximum Gasteiger partial charge on any atom is 0.0470 e. The Kier molecular flexibility index (Phi) is 5.06. The zero-order chi connectivity index (χ0) is 14.7. The molecule has 0 spiro atoms. The molecule has 1 aromatic rings. The average molecular weight is 275 g/mol. The summed E-state index contributed by atoms with van der Waals surface area (Å²) in [6.45, 7) is 6.35. The van der Waals surface area contributed by atoms with Crippen LogP contribution >= 0.6 is 0 Å². The maximum atomic E-state index is 6.06. The predicted octanol–water partition coefficient (Wildman–Crippen LogP) is 2.80. The first-order valence-corrected chi connectivity index (χ1v) is 7.84. The smallest absolute Gasteiger partial charge is 0.0470 e. The summed E-state index contributed by atoms with van der Waals surface area (Å²) in [6, 6.07) is 7.79. The third kappa shape index (κ3) is 2.99. The second-order valence-corrected chi connectivity index (χ2v) is 6.11. The Balaban J connectivity index is 2.20. The molecule has 2 rings (SSSR count). The topological polar surface area (TPSA) is 32.5 Å². The average Bonchev–Trinajstić information content (AvgIpc) is 2.81. The highest BCUT2D eigenvalue weighted by Crippen LogP contribution is 2.31. The number of fused-ring (bicyclic) bond motifs is 1. The Morgan fingerprint density at radius 2 is 2.15 bits per heavy atom. The van der Waals surface area contributed by atoms with E-state index in [9.17, 15) is 0 Å². The molecule has 1 heterocycles. The predicted molar refractivity (Wildman–Crippen MR) is 87.3 cm³/mol. The summed E-state index contributed by atoms with van der Waals surface area (Å²) in [7, 11) is 4.37. The fraction of sp³-hybridized carbons (Fsp3) is 0.647. The number of anilines is 1. The third-order valence-electron chi connectivity index (χ3n) is 4.73. The highest BCUT2D eigenvalue weighted by molar-refractivity contribution is 5.58. The second-order valence-electron chi connectivity index (χ2n) is 6.11. The molecule has 0 radical (unpaired) electrons. The van der Waals surface area contributed by atoms with Crippen LogP contribution in [0.5, 0.6) is 0 Å². The summed E-state index contributed by atoms with van der Waals surface area (Å²) in [5.41, 5.74) is 10.3. The Morgan fingerprint density at radius 1 is 1.40 bits per heavy atom. The van der Waals surface area contributed by atoms with E-state index in [0.29, 0.717) is 18.6 Å². The largest absolute Gasteiger partial charge is 0.374 e. The number of likely N-dealkylation sites (N-methyl/N-ethyl adjacent to an activating group) is 2. The first kappa shape index (κ1) is 15.3. The number of nitrogens with zero attached hydrogens (tertiary/aromatic N) is 2. The second kappa shape index (κ2) is 6.59. The minimum absolute atomic E-state index is 0.327. The molecule has 0 fully saturated rings. The number of benzene rings is 1. The van der Waals surface area contributed by atoms with Crippen LogP contribution in [0.1, 0.15) is 43.9 Å². The molecule has 1 aliphatic rings. The number of nitrogens with two attached hydrogens (primary N) is 1. The van der Waals surface area contributed by atoms with Gasteiger partial charge < -0.3 is 10.6 Å². The van der Waals surface area contributed by atoms with Crippen molar-refractivity contribution < 1.29 is 0 Å². The van der Waals surface area contributed by atoms with E-state index in [-0.39, 0.29) is 0 Å². The van der Waals surface area contributed by atoms with Gasteiger partial charge in [-0.1, -0.05) is 25.5 Å². The summed E-state index contributed by atoms with van der Waals surface area (Å²) in [6.07, 6.45) is 3.60. The molecule has 0 bridgehead atoms. The van der Waals surface area contributed by atoms with Gasteiger partial charge in [0.05, 0.1) is 0 Å². The fourth-order valence-electron chi connectivity index (χ4n) is 3.26. The SMILES string of the molecule is CCCC(C)N(C)C(CN)c1ccc2c(c1)CCN2C. The summed E-state index contributed by atoms with van der Waals surface area (Å²) in [5, 5.41) is 0. The van der Waals surface area contributed by atoms with E-state index in [1.54, 1.807) is 0 Å². The molecule has 0 aromatic heterocycles. The Bertz CT molecular complexity index is 444. The van der Waals surface area contributed by atoms with E-state index >= 15 is 0 Å². The summed E-state index contributed by atoms with van der Waals surface area (Å²) >= 11 is 0. The molecular formula is C17H29N3.